The topological polar surface area (TPSA) is 26.3 Å². The summed E-state index contributed by atoms with van der Waals surface area (Å²) in [6.45, 7) is 3.74. The molecule has 0 aliphatic heterocycles. The molecule has 0 unspecified atom stereocenters. The van der Waals surface area contributed by atoms with Crippen LogP contribution in [0.25, 0.3) is 0 Å². The third-order valence-electron chi connectivity index (χ3n) is 4.26. The van der Waals surface area contributed by atoms with Crippen LogP contribution in [0.1, 0.15) is 117 Å². The third-order valence-corrected chi connectivity index (χ3v) is 5.07. The smallest absolute Gasteiger partial charge is 0.314 e. The fourth-order valence-corrected chi connectivity index (χ4v) is 3.41. The molecule has 0 spiro atoms. The summed E-state index contributed by atoms with van der Waals surface area (Å²) in [6, 6.07) is 0. The molecule has 0 rings (SSSR count). The molecule has 0 atom stereocenters. The molecular weight excluding hydrogens is 304 g/mol. The molecule has 0 aromatic carbocycles. The SMILES string of the molecule is CCCCCCCCCCCCCCCCCCSOC(C)=O. The van der Waals surface area contributed by atoms with Gasteiger partial charge in [-0.05, 0) is 6.42 Å². The lowest BCUT2D eigenvalue weighted by atomic mass is 10.0. The van der Waals surface area contributed by atoms with Gasteiger partial charge in [0.1, 0.15) is 0 Å². The Hall–Kier alpha value is -0.180. The predicted octanol–water partition coefficient (Wildman–Crippen LogP) is 7.46. The number of rotatable bonds is 18. The van der Waals surface area contributed by atoms with Gasteiger partial charge in [-0.25, -0.2) is 0 Å². The van der Waals surface area contributed by atoms with Crippen molar-refractivity contribution in [1.29, 1.82) is 0 Å². The van der Waals surface area contributed by atoms with Crippen LogP contribution < -0.4 is 0 Å². The minimum atomic E-state index is -0.188. The highest BCUT2D eigenvalue weighted by Crippen LogP contribution is 2.14. The normalized spacial score (nSPS) is 10.9. The molecule has 0 saturated heterocycles. The highest BCUT2D eigenvalue weighted by molar-refractivity contribution is 7.95. The van der Waals surface area contributed by atoms with Crippen LogP contribution in [0.5, 0.6) is 0 Å². The van der Waals surface area contributed by atoms with Crippen molar-refractivity contribution in [3.8, 4) is 0 Å². The zero-order valence-corrected chi connectivity index (χ0v) is 16.6. The Morgan fingerprint density at radius 2 is 1.00 bits per heavy atom. The molecular formula is C20H40O2S. The van der Waals surface area contributed by atoms with Crippen molar-refractivity contribution in [3.05, 3.63) is 0 Å². The van der Waals surface area contributed by atoms with Gasteiger partial charge in [-0.15, -0.1) is 0 Å². The summed E-state index contributed by atoms with van der Waals surface area (Å²) >= 11 is 1.30. The monoisotopic (exact) mass is 344 g/mol. The van der Waals surface area contributed by atoms with E-state index < -0.39 is 0 Å². The maximum atomic E-state index is 10.6. The number of unbranched alkanes of at least 4 members (excludes halogenated alkanes) is 15. The van der Waals surface area contributed by atoms with Crippen molar-refractivity contribution < 1.29 is 8.98 Å². The second-order valence-corrected chi connectivity index (χ2v) is 7.51. The van der Waals surface area contributed by atoms with Crippen LogP contribution in [-0.2, 0) is 8.98 Å². The van der Waals surface area contributed by atoms with Crippen LogP contribution in [0.2, 0.25) is 0 Å². The first-order valence-corrected chi connectivity index (χ1v) is 11.0. The summed E-state index contributed by atoms with van der Waals surface area (Å²) in [6.07, 6.45) is 22.3. The lowest BCUT2D eigenvalue weighted by molar-refractivity contribution is -0.130. The molecule has 0 aromatic heterocycles. The quantitative estimate of drug-likeness (QED) is 0.191. The van der Waals surface area contributed by atoms with Gasteiger partial charge in [-0.1, -0.05) is 103 Å². The highest BCUT2D eigenvalue weighted by Gasteiger charge is 1.96. The largest absolute Gasteiger partial charge is 0.392 e. The zero-order chi connectivity index (χ0) is 17.0. The number of carbonyl (C=O) groups is 1. The first-order valence-electron chi connectivity index (χ1n) is 10.1. The van der Waals surface area contributed by atoms with Crippen molar-refractivity contribution >= 4 is 18.0 Å². The van der Waals surface area contributed by atoms with Crippen LogP contribution in [0, 0.1) is 0 Å². The van der Waals surface area contributed by atoms with Gasteiger partial charge in [0.15, 0.2) is 0 Å². The Labute approximate surface area is 149 Å². The third kappa shape index (κ3) is 21.8. The van der Waals surface area contributed by atoms with E-state index in [2.05, 4.69) is 6.92 Å². The predicted molar refractivity (Wildman–Crippen MR) is 104 cm³/mol. The van der Waals surface area contributed by atoms with Crippen LogP contribution in [0.15, 0.2) is 0 Å². The molecule has 2 nitrogen and oxygen atoms in total. The summed E-state index contributed by atoms with van der Waals surface area (Å²) in [5.41, 5.74) is 0. The Morgan fingerprint density at radius 1 is 0.652 bits per heavy atom. The van der Waals surface area contributed by atoms with Crippen molar-refractivity contribution in [1.82, 2.24) is 0 Å². The van der Waals surface area contributed by atoms with E-state index in [0.29, 0.717) is 0 Å². The molecule has 0 N–H and O–H groups in total. The van der Waals surface area contributed by atoms with E-state index >= 15 is 0 Å². The maximum Gasteiger partial charge on any atom is 0.314 e. The number of hydrogen-bond acceptors (Lipinski definition) is 3. The summed E-state index contributed by atoms with van der Waals surface area (Å²) < 4.78 is 4.84. The van der Waals surface area contributed by atoms with Gasteiger partial charge in [-0.2, -0.15) is 0 Å². The zero-order valence-electron chi connectivity index (χ0n) is 15.7. The molecule has 0 heterocycles. The van der Waals surface area contributed by atoms with Gasteiger partial charge in [0.2, 0.25) is 0 Å². The standard InChI is InChI=1S/C20H40O2S/c1-3-4-5-6-7-8-9-10-11-12-13-14-15-16-17-18-19-23-22-20(2)21/h3-19H2,1-2H3. The van der Waals surface area contributed by atoms with Crippen molar-refractivity contribution in [2.24, 2.45) is 0 Å². The van der Waals surface area contributed by atoms with E-state index in [0.717, 1.165) is 12.2 Å². The minimum Gasteiger partial charge on any atom is -0.392 e. The molecule has 0 aliphatic carbocycles. The fourth-order valence-electron chi connectivity index (χ4n) is 2.83. The lowest BCUT2D eigenvalue weighted by Gasteiger charge is -2.03. The van der Waals surface area contributed by atoms with E-state index in [4.69, 9.17) is 4.18 Å². The molecule has 138 valence electrons. The van der Waals surface area contributed by atoms with E-state index in [1.165, 1.54) is 115 Å². The average molecular weight is 345 g/mol. The number of carbonyl (C=O) groups excluding carboxylic acids is 1. The Bertz CT molecular complexity index is 244. The van der Waals surface area contributed by atoms with Gasteiger partial charge >= 0.3 is 5.97 Å². The van der Waals surface area contributed by atoms with E-state index in [9.17, 15) is 4.79 Å². The Morgan fingerprint density at radius 3 is 1.35 bits per heavy atom. The van der Waals surface area contributed by atoms with Crippen LogP contribution in [-0.4, -0.2) is 11.7 Å². The minimum absolute atomic E-state index is 0.188. The summed E-state index contributed by atoms with van der Waals surface area (Å²) in [5.74, 6) is 0.754. The Balaban J connectivity index is 2.96. The molecule has 23 heavy (non-hydrogen) atoms. The van der Waals surface area contributed by atoms with Crippen LogP contribution in [0.3, 0.4) is 0 Å². The maximum absolute atomic E-state index is 10.6. The number of hydrogen-bond donors (Lipinski definition) is 0. The first-order chi connectivity index (χ1) is 11.3. The molecule has 0 radical (unpaired) electrons. The highest BCUT2D eigenvalue weighted by atomic mass is 32.2. The molecule has 0 aromatic rings. The molecule has 3 heteroatoms. The molecule has 0 bridgehead atoms. The summed E-state index contributed by atoms with van der Waals surface area (Å²) in [4.78, 5) is 10.6. The molecule has 0 aliphatic rings. The fraction of sp³-hybridized carbons (Fsp3) is 0.950. The Kier molecular flexibility index (Phi) is 19.7. The first kappa shape index (κ1) is 22.8. The van der Waals surface area contributed by atoms with Gasteiger partial charge in [0.25, 0.3) is 0 Å². The van der Waals surface area contributed by atoms with Crippen LogP contribution >= 0.6 is 12.0 Å². The van der Waals surface area contributed by atoms with Gasteiger partial charge in [-0.3, -0.25) is 4.79 Å². The molecule has 0 saturated carbocycles. The van der Waals surface area contributed by atoms with E-state index in [1.807, 2.05) is 0 Å². The van der Waals surface area contributed by atoms with E-state index in [1.54, 1.807) is 0 Å². The van der Waals surface area contributed by atoms with E-state index in [-0.39, 0.29) is 5.97 Å². The van der Waals surface area contributed by atoms with Gasteiger partial charge in [0.05, 0.1) is 12.0 Å². The van der Waals surface area contributed by atoms with Crippen molar-refractivity contribution in [3.63, 3.8) is 0 Å². The molecule has 0 amide bonds. The lowest BCUT2D eigenvalue weighted by Crippen LogP contribution is -1.91. The average Bonchev–Trinajstić information content (AvgIpc) is 2.53. The summed E-state index contributed by atoms with van der Waals surface area (Å²) in [7, 11) is 0. The van der Waals surface area contributed by atoms with Gasteiger partial charge in [0, 0.05) is 12.7 Å². The summed E-state index contributed by atoms with van der Waals surface area (Å²) in [5, 5.41) is 0. The van der Waals surface area contributed by atoms with Crippen LogP contribution in [0.4, 0.5) is 0 Å². The second kappa shape index (κ2) is 19.9. The van der Waals surface area contributed by atoms with Crippen molar-refractivity contribution in [2.45, 2.75) is 117 Å². The second-order valence-electron chi connectivity index (χ2n) is 6.70. The van der Waals surface area contributed by atoms with Crippen molar-refractivity contribution in [2.75, 3.05) is 5.75 Å². The van der Waals surface area contributed by atoms with Gasteiger partial charge < -0.3 is 4.18 Å². The molecule has 0 fully saturated rings.